The zero-order chi connectivity index (χ0) is 10.1. The van der Waals surface area contributed by atoms with Crippen molar-refractivity contribution in [1.29, 1.82) is 5.26 Å². The number of unbranched alkanes of at least 4 members (excludes halogenated alkanes) is 1. The van der Waals surface area contributed by atoms with Crippen LogP contribution in [-0.2, 0) is 9.59 Å². The first-order valence-electron chi connectivity index (χ1n) is 4.02. The van der Waals surface area contributed by atoms with Crippen LogP contribution in [-0.4, -0.2) is 23.5 Å². The molecule has 0 aromatic rings. The number of hydrogen-bond donors (Lipinski definition) is 2. The highest BCUT2D eigenvalue weighted by molar-refractivity contribution is 5.80. The van der Waals surface area contributed by atoms with Gasteiger partial charge in [-0.15, -0.1) is 0 Å². The Morgan fingerprint density at radius 1 is 1.38 bits per heavy atom. The predicted molar refractivity (Wildman–Crippen MR) is 44.7 cm³/mol. The maximum atomic E-state index is 10.9. The molecule has 0 saturated carbocycles. The Morgan fingerprint density at radius 3 is 2.62 bits per heavy atom. The Bertz CT molecular complexity index is 220. The number of nitrogens with one attached hydrogen (secondary N) is 1. The molecule has 2 N–H and O–H groups in total. The molecule has 72 valence electrons. The van der Waals surface area contributed by atoms with E-state index in [0.717, 1.165) is 0 Å². The lowest BCUT2D eigenvalue weighted by molar-refractivity contribution is -0.138. The largest absolute Gasteiger partial charge is 0.481 e. The normalized spacial score (nSPS) is 8.85. The lowest BCUT2D eigenvalue weighted by Crippen LogP contribution is -2.24. The fraction of sp³-hybridized carbons (Fsp3) is 0.625. The van der Waals surface area contributed by atoms with Gasteiger partial charge in [-0.25, -0.2) is 0 Å². The van der Waals surface area contributed by atoms with Crippen LogP contribution in [0, 0.1) is 11.3 Å². The van der Waals surface area contributed by atoms with Crippen molar-refractivity contribution in [1.82, 2.24) is 5.32 Å². The molecule has 0 aliphatic carbocycles. The number of aliphatic carboxylic acids is 1. The van der Waals surface area contributed by atoms with Crippen LogP contribution in [0.15, 0.2) is 0 Å². The Labute approximate surface area is 76.4 Å². The third-order valence-corrected chi connectivity index (χ3v) is 1.35. The maximum absolute atomic E-state index is 10.9. The molecule has 5 nitrogen and oxygen atoms in total. The third kappa shape index (κ3) is 8.34. The van der Waals surface area contributed by atoms with E-state index in [1.54, 1.807) is 0 Å². The average Bonchev–Trinajstić information content (AvgIpc) is 2.09. The highest BCUT2D eigenvalue weighted by Crippen LogP contribution is 1.89. The predicted octanol–water partition coefficient (Wildman–Crippen LogP) is 0.271. The standard InChI is InChI=1S/C8H12N2O3/c9-5-1-2-6-10-7(11)3-4-8(12)13/h1-4,6H2,(H,10,11)(H,12,13). The minimum Gasteiger partial charge on any atom is -0.481 e. The number of carbonyl (C=O) groups excluding carboxylic acids is 1. The Balaban J connectivity index is 3.31. The lowest BCUT2D eigenvalue weighted by atomic mass is 10.3. The number of nitrogens with zero attached hydrogens (tertiary/aromatic N) is 1. The molecule has 1 amide bonds. The van der Waals surface area contributed by atoms with Gasteiger partial charge in [-0.05, 0) is 6.42 Å². The van der Waals surface area contributed by atoms with Crippen LogP contribution >= 0.6 is 0 Å². The first-order chi connectivity index (χ1) is 6.16. The minimum absolute atomic E-state index is 0.00187. The van der Waals surface area contributed by atoms with E-state index >= 15 is 0 Å². The van der Waals surface area contributed by atoms with Crippen LogP contribution in [0.1, 0.15) is 25.7 Å². The topological polar surface area (TPSA) is 90.2 Å². The van der Waals surface area contributed by atoms with Crippen LogP contribution < -0.4 is 5.32 Å². The van der Waals surface area contributed by atoms with Gasteiger partial charge < -0.3 is 10.4 Å². The second kappa shape index (κ2) is 7.10. The average molecular weight is 184 g/mol. The summed E-state index contributed by atoms with van der Waals surface area (Å²) in [6.07, 6.45) is 0.862. The van der Waals surface area contributed by atoms with E-state index in [1.165, 1.54) is 0 Å². The summed E-state index contributed by atoms with van der Waals surface area (Å²) in [5.74, 6) is -1.26. The third-order valence-electron chi connectivity index (χ3n) is 1.35. The monoisotopic (exact) mass is 184 g/mol. The van der Waals surface area contributed by atoms with Crippen LogP contribution in [0.3, 0.4) is 0 Å². The van der Waals surface area contributed by atoms with Crippen molar-refractivity contribution in [3.8, 4) is 6.07 Å². The van der Waals surface area contributed by atoms with E-state index in [4.69, 9.17) is 10.4 Å². The lowest BCUT2D eigenvalue weighted by Gasteiger charge is -2.00. The fourth-order valence-electron chi connectivity index (χ4n) is 0.704. The molecule has 0 rings (SSSR count). The van der Waals surface area contributed by atoms with Gasteiger partial charge in [0.2, 0.25) is 5.91 Å². The summed E-state index contributed by atoms with van der Waals surface area (Å²) in [6, 6.07) is 1.95. The van der Waals surface area contributed by atoms with Crippen LogP contribution in [0.2, 0.25) is 0 Å². The van der Waals surface area contributed by atoms with Crippen molar-refractivity contribution < 1.29 is 14.7 Å². The highest BCUT2D eigenvalue weighted by atomic mass is 16.4. The van der Waals surface area contributed by atoms with E-state index in [-0.39, 0.29) is 18.7 Å². The molecule has 0 radical (unpaired) electrons. The first-order valence-corrected chi connectivity index (χ1v) is 4.02. The van der Waals surface area contributed by atoms with Gasteiger partial charge in [0.1, 0.15) is 0 Å². The smallest absolute Gasteiger partial charge is 0.303 e. The molecular weight excluding hydrogens is 172 g/mol. The highest BCUT2D eigenvalue weighted by Gasteiger charge is 2.03. The van der Waals surface area contributed by atoms with Crippen LogP contribution in [0.25, 0.3) is 0 Å². The number of amides is 1. The molecule has 0 bridgehead atoms. The molecule has 0 aliphatic rings. The van der Waals surface area contributed by atoms with Crippen LogP contribution in [0.5, 0.6) is 0 Å². The van der Waals surface area contributed by atoms with Gasteiger partial charge in [0.25, 0.3) is 0 Å². The Kier molecular flexibility index (Phi) is 6.24. The number of carboxylic acid groups (broad SMARTS) is 1. The number of nitriles is 1. The first kappa shape index (κ1) is 11.4. The zero-order valence-electron chi connectivity index (χ0n) is 7.25. The van der Waals surface area contributed by atoms with Crippen molar-refractivity contribution in [2.24, 2.45) is 0 Å². The zero-order valence-corrected chi connectivity index (χ0v) is 7.25. The van der Waals surface area contributed by atoms with Gasteiger partial charge in [0.15, 0.2) is 0 Å². The molecule has 0 fully saturated rings. The summed E-state index contributed by atoms with van der Waals surface area (Å²) in [4.78, 5) is 20.9. The molecular formula is C8H12N2O3. The van der Waals surface area contributed by atoms with Crippen molar-refractivity contribution in [2.75, 3.05) is 6.54 Å². The summed E-state index contributed by atoms with van der Waals surface area (Å²) in [5.41, 5.74) is 0. The molecule has 0 spiro atoms. The van der Waals surface area contributed by atoms with Crippen molar-refractivity contribution in [3.63, 3.8) is 0 Å². The molecule has 0 aromatic carbocycles. The molecule has 0 aromatic heterocycles. The van der Waals surface area contributed by atoms with Gasteiger partial charge in [-0.2, -0.15) is 5.26 Å². The summed E-state index contributed by atoms with van der Waals surface area (Å²) in [6.45, 7) is 0.437. The van der Waals surface area contributed by atoms with Gasteiger partial charge in [-0.3, -0.25) is 9.59 Å². The number of carboxylic acids is 1. The van der Waals surface area contributed by atoms with E-state index in [0.29, 0.717) is 19.4 Å². The molecule has 0 atom stereocenters. The fourth-order valence-corrected chi connectivity index (χ4v) is 0.704. The number of carbonyl (C=O) groups is 2. The number of hydrogen-bond acceptors (Lipinski definition) is 3. The van der Waals surface area contributed by atoms with E-state index in [1.807, 2.05) is 6.07 Å². The molecule has 0 heterocycles. The van der Waals surface area contributed by atoms with E-state index in [2.05, 4.69) is 5.32 Å². The molecule has 0 saturated heterocycles. The van der Waals surface area contributed by atoms with Gasteiger partial charge in [-0.1, -0.05) is 0 Å². The summed E-state index contributed by atoms with van der Waals surface area (Å²) in [7, 11) is 0. The summed E-state index contributed by atoms with van der Waals surface area (Å²) in [5, 5.41) is 18.9. The molecule has 5 heteroatoms. The summed E-state index contributed by atoms with van der Waals surface area (Å²) < 4.78 is 0. The summed E-state index contributed by atoms with van der Waals surface area (Å²) >= 11 is 0. The number of rotatable bonds is 6. The van der Waals surface area contributed by atoms with Crippen LogP contribution in [0.4, 0.5) is 0 Å². The van der Waals surface area contributed by atoms with E-state index in [9.17, 15) is 9.59 Å². The minimum atomic E-state index is -0.979. The van der Waals surface area contributed by atoms with Crippen molar-refractivity contribution in [3.05, 3.63) is 0 Å². The second-order valence-corrected chi connectivity index (χ2v) is 2.51. The maximum Gasteiger partial charge on any atom is 0.303 e. The van der Waals surface area contributed by atoms with Gasteiger partial charge in [0, 0.05) is 19.4 Å². The SMILES string of the molecule is N#CCCCNC(=O)CCC(=O)O. The van der Waals surface area contributed by atoms with Crippen molar-refractivity contribution >= 4 is 11.9 Å². The second-order valence-electron chi connectivity index (χ2n) is 2.51. The quantitative estimate of drug-likeness (QED) is 0.580. The Morgan fingerprint density at radius 2 is 2.08 bits per heavy atom. The van der Waals surface area contributed by atoms with Gasteiger partial charge >= 0.3 is 5.97 Å². The molecule has 13 heavy (non-hydrogen) atoms. The van der Waals surface area contributed by atoms with Gasteiger partial charge in [0.05, 0.1) is 12.5 Å². The molecule has 0 aliphatic heterocycles. The van der Waals surface area contributed by atoms with Crippen molar-refractivity contribution in [2.45, 2.75) is 25.7 Å². The van der Waals surface area contributed by atoms with E-state index < -0.39 is 5.97 Å². The Hall–Kier alpha value is -1.57. The molecule has 0 unspecified atom stereocenters.